The number of rotatable bonds is 3. The van der Waals surface area contributed by atoms with Crippen molar-refractivity contribution in [1.29, 1.82) is 4.78 Å². The summed E-state index contributed by atoms with van der Waals surface area (Å²) in [6, 6.07) is 0. The Balaban J connectivity index is 0.00000256. The fraction of sp³-hybridized carbons (Fsp3) is 0.889. The number of carbonyl (C=O) groups is 1. The van der Waals surface area contributed by atoms with Gasteiger partial charge in [0.1, 0.15) is 0 Å². The molecule has 8 heteroatoms. The average Bonchev–Trinajstić information content (AvgIpc) is 2.28. The molecule has 0 aliphatic carbocycles. The first-order chi connectivity index (χ1) is 7.39. The third-order valence-corrected chi connectivity index (χ3v) is 4.89. The van der Waals surface area contributed by atoms with E-state index in [0.717, 1.165) is 0 Å². The van der Waals surface area contributed by atoms with E-state index in [1.54, 1.807) is 18.4 Å². The molecule has 0 aromatic carbocycles. The zero-order valence-electron chi connectivity index (χ0n) is 10.3. The first-order valence-corrected chi connectivity index (χ1v) is 6.66. The molecule has 6 nitrogen and oxygen atoms in total. The Morgan fingerprint density at radius 2 is 1.88 bits per heavy atom. The highest BCUT2D eigenvalue weighted by Crippen LogP contribution is 2.21. The van der Waals surface area contributed by atoms with Gasteiger partial charge >= 0.3 is 5.97 Å². The molecule has 0 saturated carbocycles. The topological polar surface area (TPSA) is 73.7 Å². The van der Waals surface area contributed by atoms with Gasteiger partial charge < -0.3 is 4.74 Å². The van der Waals surface area contributed by atoms with Crippen LogP contribution in [0.1, 0.15) is 12.8 Å². The number of ether oxygens (including phenoxy) is 1. The monoisotopic (exact) mass is 285 g/mol. The normalized spacial score (nSPS) is 21.6. The van der Waals surface area contributed by atoms with Gasteiger partial charge in [-0.15, -0.1) is 12.4 Å². The zero-order chi connectivity index (χ0) is 12.3. The van der Waals surface area contributed by atoms with E-state index in [-0.39, 0.29) is 24.3 Å². The molecule has 1 unspecified atom stereocenters. The Morgan fingerprint density at radius 3 is 2.24 bits per heavy atom. The SMILES string of the molecule is COC(=O)C1CCN(S(=N)(=O)N(C)C)CC1.Cl. The molecule has 1 aliphatic rings. The molecule has 0 aromatic heterocycles. The zero-order valence-corrected chi connectivity index (χ0v) is 12.0. The third kappa shape index (κ3) is 3.80. The van der Waals surface area contributed by atoms with Crippen molar-refractivity contribution < 1.29 is 13.7 Å². The summed E-state index contributed by atoms with van der Waals surface area (Å²) in [5.74, 6) is -0.320. The van der Waals surface area contributed by atoms with Gasteiger partial charge in [-0.1, -0.05) is 0 Å². The van der Waals surface area contributed by atoms with Gasteiger partial charge in [0, 0.05) is 27.2 Å². The summed E-state index contributed by atoms with van der Waals surface area (Å²) < 4.78 is 27.4. The molecule has 1 saturated heterocycles. The van der Waals surface area contributed by atoms with Gasteiger partial charge in [0.2, 0.25) is 0 Å². The lowest BCUT2D eigenvalue weighted by Crippen LogP contribution is -2.44. The minimum absolute atomic E-state index is 0. The van der Waals surface area contributed by atoms with Crippen LogP contribution in [0.25, 0.3) is 0 Å². The van der Waals surface area contributed by atoms with Crippen LogP contribution in [0.15, 0.2) is 0 Å². The van der Waals surface area contributed by atoms with Crippen molar-refractivity contribution in [2.45, 2.75) is 12.8 Å². The van der Waals surface area contributed by atoms with E-state index in [0.29, 0.717) is 25.9 Å². The standard InChI is InChI=1S/C9H19N3O3S.ClH/c1-11(2)16(10,14)12-6-4-8(5-7-12)9(13)15-3;/h8,10H,4-7H2,1-3H3;1H. The molecule has 1 rings (SSSR count). The molecule has 1 N–H and O–H groups in total. The number of hydrogen-bond acceptors (Lipinski definition) is 4. The van der Waals surface area contributed by atoms with E-state index in [9.17, 15) is 9.00 Å². The Bertz CT molecular complexity index is 350. The molecular formula is C9H20ClN3O3S. The van der Waals surface area contributed by atoms with Crippen molar-refractivity contribution in [2.75, 3.05) is 34.3 Å². The van der Waals surface area contributed by atoms with Crippen molar-refractivity contribution in [3.8, 4) is 0 Å². The van der Waals surface area contributed by atoms with Crippen LogP contribution in [0, 0.1) is 10.7 Å². The highest BCUT2D eigenvalue weighted by molar-refractivity contribution is 7.87. The number of nitrogens with zero attached hydrogens (tertiary/aromatic N) is 2. The lowest BCUT2D eigenvalue weighted by molar-refractivity contribution is -0.146. The molecule has 17 heavy (non-hydrogen) atoms. The maximum absolute atomic E-state index is 12.0. The molecule has 1 atom stereocenters. The minimum atomic E-state index is -2.84. The first-order valence-electron chi connectivity index (χ1n) is 5.18. The van der Waals surface area contributed by atoms with Gasteiger partial charge in [-0.05, 0) is 12.8 Å². The molecule has 0 spiro atoms. The lowest BCUT2D eigenvalue weighted by atomic mass is 9.99. The summed E-state index contributed by atoms with van der Waals surface area (Å²) in [5, 5.41) is 0. The summed E-state index contributed by atoms with van der Waals surface area (Å²) in [6.45, 7) is 1.00. The average molecular weight is 286 g/mol. The highest BCUT2D eigenvalue weighted by atomic mass is 35.5. The van der Waals surface area contributed by atoms with E-state index in [2.05, 4.69) is 4.74 Å². The molecule has 102 valence electrons. The quantitative estimate of drug-likeness (QED) is 0.777. The van der Waals surface area contributed by atoms with E-state index >= 15 is 0 Å². The fourth-order valence-electron chi connectivity index (χ4n) is 1.74. The predicted molar refractivity (Wildman–Crippen MR) is 68.1 cm³/mol. The van der Waals surface area contributed by atoms with Gasteiger partial charge in [-0.3, -0.25) is 4.79 Å². The van der Waals surface area contributed by atoms with Crippen LogP contribution in [-0.4, -0.2) is 53.1 Å². The van der Waals surface area contributed by atoms with Crippen LogP contribution in [0.4, 0.5) is 0 Å². The van der Waals surface area contributed by atoms with Crippen LogP contribution in [0.5, 0.6) is 0 Å². The number of hydrogen-bond donors (Lipinski definition) is 1. The molecule has 1 heterocycles. The summed E-state index contributed by atoms with van der Waals surface area (Å²) in [7, 11) is 1.79. The number of halogens is 1. The molecule has 0 amide bonds. The third-order valence-electron chi connectivity index (χ3n) is 2.83. The Kier molecular flexibility index (Phi) is 6.39. The number of nitrogens with one attached hydrogen (secondary N) is 1. The number of piperidine rings is 1. The number of carbonyl (C=O) groups excluding carboxylic acids is 1. The van der Waals surface area contributed by atoms with Gasteiger partial charge in [0.05, 0.1) is 13.0 Å². The Labute approximate surface area is 109 Å². The van der Waals surface area contributed by atoms with Gasteiger partial charge in [0.15, 0.2) is 10.1 Å². The fourth-order valence-corrected chi connectivity index (χ4v) is 2.90. The molecule has 0 bridgehead atoms. The van der Waals surface area contributed by atoms with Crippen LogP contribution in [-0.2, 0) is 19.6 Å². The maximum atomic E-state index is 12.0. The van der Waals surface area contributed by atoms with Crippen LogP contribution in [0.3, 0.4) is 0 Å². The Morgan fingerprint density at radius 1 is 1.41 bits per heavy atom. The summed E-state index contributed by atoms with van der Waals surface area (Å²) in [4.78, 5) is 11.3. The number of methoxy groups -OCH3 is 1. The van der Waals surface area contributed by atoms with E-state index in [4.69, 9.17) is 4.78 Å². The molecule has 0 aromatic rings. The minimum Gasteiger partial charge on any atom is -0.469 e. The number of esters is 1. The lowest BCUT2D eigenvalue weighted by Gasteiger charge is -2.33. The smallest absolute Gasteiger partial charge is 0.308 e. The van der Waals surface area contributed by atoms with Gasteiger partial charge in [-0.2, -0.15) is 0 Å². The second-order valence-electron chi connectivity index (χ2n) is 4.04. The van der Waals surface area contributed by atoms with Crippen molar-refractivity contribution in [3.63, 3.8) is 0 Å². The summed E-state index contributed by atoms with van der Waals surface area (Å²) >= 11 is 0. The van der Waals surface area contributed by atoms with E-state index in [1.165, 1.54) is 11.4 Å². The maximum Gasteiger partial charge on any atom is 0.308 e. The van der Waals surface area contributed by atoms with Crippen molar-refractivity contribution in [3.05, 3.63) is 0 Å². The molecule has 1 fully saturated rings. The van der Waals surface area contributed by atoms with Crippen LogP contribution >= 0.6 is 12.4 Å². The van der Waals surface area contributed by atoms with Crippen LogP contribution < -0.4 is 0 Å². The van der Waals surface area contributed by atoms with Gasteiger partial charge in [-0.25, -0.2) is 17.6 Å². The second-order valence-corrected chi connectivity index (χ2v) is 6.28. The predicted octanol–water partition coefficient (Wildman–Crippen LogP) is 0.732. The van der Waals surface area contributed by atoms with Gasteiger partial charge in [0.25, 0.3) is 0 Å². The van der Waals surface area contributed by atoms with Crippen LogP contribution in [0.2, 0.25) is 0 Å². The second kappa shape index (κ2) is 6.53. The summed E-state index contributed by atoms with van der Waals surface area (Å²) in [6.07, 6.45) is 1.22. The van der Waals surface area contributed by atoms with Crippen molar-refractivity contribution in [2.24, 2.45) is 5.92 Å². The van der Waals surface area contributed by atoms with E-state index < -0.39 is 10.1 Å². The van der Waals surface area contributed by atoms with E-state index in [1.807, 2.05) is 0 Å². The van der Waals surface area contributed by atoms with Crippen molar-refractivity contribution >= 4 is 28.5 Å². The largest absolute Gasteiger partial charge is 0.469 e. The molecule has 0 radical (unpaired) electrons. The molecular weight excluding hydrogens is 266 g/mol. The summed E-state index contributed by atoms with van der Waals surface area (Å²) in [5.41, 5.74) is 0. The van der Waals surface area contributed by atoms with Crippen molar-refractivity contribution in [1.82, 2.24) is 8.61 Å². The molecule has 1 aliphatic heterocycles. The first kappa shape index (κ1) is 16.6. The highest BCUT2D eigenvalue weighted by Gasteiger charge is 2.30. The Hall–Kier alpha value is -0.370.